The minimum Gasteiger partial charge on any atom is -0.452 e. The fourth-order valence-corrected chi connectivity index (χ4v) is 1.03. The van der Waals surface area contributed by atoms with Crippen LogP contribution in [0.1, 0.15) is 16.8 Å². The maximum Gasteiger partial charge on any atom is 0.256 e. The van der Waals surface area contributed by atoms with Crippen molar-refractivity contribution in [3.05, 3.63) is 23.1 Å². The highest BCUT2D eigenvalue weighted by Gasteiger charge is 2.11. The molecule has 0 aliphatic heterocycles. The van der Waals surface area contributed by atoms with Crippen LogP contribution in [0.4, 0.5) is 0 Å². The number of furan rings is 1. The van der Waals surface area contributed by atoms with Crippen LogP contribution >= 0.6 is 11.6 Å². The van der Waals surface area contributed by atoms with E-state index < -0.39 is 0 Å². The Morgan fingerprint density at radius 3 is 3.00 bits per heavy atom. The van der Waals surface area contributed by atoms with E-state index in [1.165, 1.54) is 12.3 Å². The van der Waals surface area contributed by atoms with Crippen molar-refractivity contribution in [1.82, 2.24) is 5.32 Å². The second-order valence-corrected chi connectivity index (χ2v) is 2.78. The number of aliphatic hydroxyl groups is 1. The van der Waals surface area contributed by atoms with Crippen LogP contribution in [0.3, 0.4) is 0 Å². The topological polar surface area (TPSA) is 62.5 Å². The van der Waals surface area contributed by atoms with E-state index in [9.17, 15) is 4.79 Å². The van der Waals surface area contributed by atoms with Gasteiger partial charge in [-0.05, 0) is 24.1 Å². The molecule has 0 aromatic carbocycles. The Kier molecular flexibility index (Phi) is 3.79. The Hall–Kier alpha value is -1.00. The Bertz CT molecular complexity index is 285. The van der Waals surface area contributed by atoms with Crippen molar-refractivity contribution >= 4 is 17.5 Å². The quantitative estimate of drug-likeness (QED) is 0.719. The van der Waals surface area contributed by atoms with E-state index in [0.29, 0.717) is 18.5 Å². The number of amides is 1. The summed E-state index contributed by atoms with van der Waals surface area (Å²) in [7, 11) is 0. The predicted octanol–water partition coefficient (Wildman–Crippen LogP) is 1.05. The zero-order valence-corrected chi connectivity index (χ0v) is 7.67. The molecule has 0 saturated heterocycles. The van der Waals surface area contributed by atoms with Gasteiger partial charge in [0.2, 0.25) is 5.22 Å². The third kappa shape index (κ3) is 2.75. The fourth-order valence-electron chi connectivity index (χ4n) is 0.832. The summed E-state index contributed by atoms with van der Waals surface area (Å²) in [6.45, 7) is 0.482. The minimum atomic E-state index is -0.285. The average molecular weight is 204 g/mol. The van der Waals surface area contributed by atoms with Crippen LogP contribution in [0, 0.1) is 0 Å². The second-order valence-electron chi connectivity index (χ2n) is 2.44. The normalized spacial score (nSPS) is 10.0. The van der Waals surface area contributed by atoms with Crippen LogP contribution in [-0.4, -0.2) is 24.2 Å². The van der Waals surface area contributed by atoms with Crippen molar-refractivity contribution in [2.24, 2.45) is 0 Å². The number of carbonyl (C=O) groups excluding carboxylic acids is 1. The molecule has 4 nitrogen and oxygen atoms in total. The molecule has 1 rings (SSSR count). The number of carbonyl (C=O) groups is 1. The van der Waals surface area contributed by atoms with Gasteiger partial charge >= 0.3 is 0 Å². The largest absolute Gasteiger partial charge is 0.452 e. The molecule has 72 valence electrons. The van der Waals surface area contributed by atoms with Crippen molar-refractivity contribution in [1.29, 1.82) is 0 Å². The lowest BCUT2D eigenvalue weighted by Crippen LogP contribution is -2.24. The van der Waals surface area contributed by atoms with Crippen LogP contribution in [-0.2, 0) is 0 Å². The lowest BCUT2D eigenvalue weighted by molar-refractivity contribution is 0.0950. The lowest BCUT2D eigenvalue weighted by Gasteiger charge is -2.00. The Labute approximate surface area is 80.5 Å². The summed E-state index contributed by atoms with van der Waals surface area (Å²) in [4.78, 5) is 11.3. The Morgan fingerprint density at radius 2 is 2.46 bits per heavy atom. The molecule has 0 radical (unpaired) electrons. The predicted molar refractivity (Wildman–Crippen MR) is 47.8 cm³/mol. The molecule has 0 aliphatic carbocycles. The molecule has 0 unspecified atom stereocenters. The molecule has 1 amide bonds. The zero-order valence-electron chi connectivity index (χ0n) is 6.92. The lowest BCUT2D eigenvalue weighted by atomic mass is 10.3. The number of nitrogens with one attached hydrogen (secondary N) is 1. The molecule has 0 spiro atoms. The van der Waals surface area contributed by atoms with Crippen LogP contribution in [0.25, 0.3) is 0 Å². The Morgan fingerprint density at radius 1 is 1.69 bits per heavy atom. The molecular formula is C8H10ClNO3. The first-order chi connectivity index (χ1) is 6.25. The summed E-state index contributed by atoms with van der Waals surface area (Å²) in [5.74, 6) is -0.285. The molecular weight excluding hydrogens is 194 g/mol. The number of rotatable bonds is 4. The van der Waals surface area contributed by atoms with E-state index in [4.69, 9.17) is 21.1 Å². The maximum absolute atomic E-state index is 11.3. The van der Waals surface area contributed by atoms with Gasteiger partial charge in [-0.25, -0.2) is 0 Å². The van der Waals surface area contributed by atoms with Crippen LogP contribution in [0.5, 0.6) is 0 Å². The van der Waals surface area contributed by atoms with Gasteiger partial charge < -0.3 is 14.8 Å². The van der Waals surface area contributed by atoms with E-state index in [1.807, 2.05) is 0 Å². The molecule has 0 bridgehead atoms. The standard InChI is InChI=1S/C8H10ClNO3/c9-7-6(2-5-13-7)8(12)10-3-1-4-11/h2,5,11H,1,3-4H2,(H,10,12). The molecule has 1 aromatic rings. The number of hydrogen-bond acceptors (Lipinski definition) is 3. The summed E-state index contributed by atoms with van der Waals surface area (Å²) < 4.78 is 4.75. The van der Waals surface area contributed by atoms with Gasteiger partial charge in [-0.1, -0.05) is 0 Å². The van der Waals surface area contributed by atoms with Gasteiger partial charge in [0.25, 0.3) is 5.91 Å². The van der Waals surface area contributed by atoms with Gasteiger partial charge in [-0.3, -0.25) is 4.79 Å². The van der Waals surface area contributed by atoms with E-state index in [2.05, 4.69) is 5.32 Å². The molecule has 1 heterocycles. The fraction of sp³-hybridized carbons (Fsp3) is 0.375. The molecule has 0 fully saturated rings. The van der Waals surface area contributed by atoms with Crippen molar-refractivity contribution in [2.75, 3.05) is 13.2 Å². The summed E-state index contributed by atoms with van der Waals surface area (Å²) in [5, 5.41) is 11.1. The first-order valence-corrected chi connectivity index (χ1v) is 4.25. The highest BCUT2D eigenvalue weighted by molar-refractivity contribution is 6.32. The second kappa shape index (κ2) is 4.89. The van der Waals surface area contributed by atoms with Crippen LogP contribution in [0.15, 0.2) is 16.7 Å². The van der Waals surface area contributed by atoms with Crippen molar-refractivity contribution in [2.45, 2.75) is 6.42 Å². The Balaban J connectivity index is 2.45. The number of hydrogen-bond donors (Lipinski definition) is 2. The van der Waals surface area contributed by atoms with Gasteiger partial charge in [0.05, 0.1) is 11.8 Å². The first kappa shape index (κ1) is 10.1. The molecule has 0 atom stereocenters. The first-order valence-electron chi connectivity index (χ1n) is 3.87. The monoisotopic (exact) mass is 203 g/mol. The van der Waals surface area contributed by atoms with E-state index >= 15 is 0 Å². The van der Waals surface area contributed by atoms with Crippen molar-refractivity contribution in [3.63, 3.8) is 0 Å². The van der Waals surface area contributed by atoms with Gasteiger partial charge in [0.15, 0.2) is 0 Å². The van der Waals surface area contributed by atoms with Crippen molar-refractivity contribution in [3.8, 4) is 0 Å². The maximum atomic E-state index is 11.3. The average Bonchev–Trinajstić information content (AvgIpc) is 2.52. The summed E-state index contributed by atoms with van der Waals surface area (Å²) in [5.41, 5.74) is 0.319. The van der Waals surface area contributed by atoms with Gasteiger partial charge in [0, 0.05) is 13.2 Å². The number of halogens is 1. The van der Waals surface area contributed by atoms with Gasteiger partial charge in [-0.2, -0.15) is 0 Å². The highest BCUT2D eigenvalue weighted by atomic mass is 35.5. The van der Waals surface area contributed by atoms with Gasteiger partial charge in [0.1, 0.15) is 0 Å². The smallest absolute Gasteiger partial charge is 0.256 e. The van der Waals surface area contributed by atoms with Crippen LogP contribution < -0.4 is 5.32 Å². The molecule has 2 N–H and O–H groups in total. The van der Waals surface area contributed by atoms with E-state index in [0.717, 1.165) is 0 Å². The molecule has 5 heteroatoms. The SMILES string of the molecule is O=C(NCCCO)c1ccoc1Cl. The third-order valence-corrected chi connectivity index (χ3v) is 1.78. The molecule has 1 aromatic heterocycles. The van der Waals surface area contributed by atoms with Crippen LogP contribution in [0.2, 0.25) is 5.22 Å². The third-order valence-electron chi connectivity index (χ3n) is 1.48. The summed E-state index contributed by atoms with van der Waals surface area (Å²) in [6.07, 6.45) is 1.88. The van der Waals surface area contributed by atoms with Gasteiger partial charge in [-0.15, -0.1) is 0 Å². The molecule has 0 saturated carbocycles. The van der Waals surface area contributed by atoms with Crippen molar-refractivity contribution < 1.29 is 14.3 Å². The molecule has 13 heavy (non-hydrogen) atoms. The summed E-state index contributed by atoms with van der Waals surface area (Å²) in [6, 6.07) is 1.50. The summed E-state index contributed by atoms with van der Waals surface area (Å²) >= 11 is 5.57. The van der Waals surface area contributed by atoms with E-state index in [-0.39, 0.29) is 17.7 Å². The highest BCUT2D eigenvalue weighted by Crippen LogP contribution is 2.15. The molecule has 0 aliphatic rings. The minimum absolute atomic E-state index is 0.0550. The zero-order chi connectivity index (χ0) is 9.68. The van der Waals surface area contributed by atoms with E-state index in [1.54, 1.807) is 0 Å². The number of aliphatic hydroxyl groups excluding tert-OH is 1.